The third-order valence-electron chi connectivity index (χ3n) is 15.0. The predicted octanol–water partition coefficient (Wildman–Crippen LogP) is 16.3. The number of carbonyl (C=O) groups excluding carboxylic acids is 2. The minimum atomic E-state index is -1.62. The fourth-order valence-electron chi connectivity index (χ4n) is 9.77. The summed E-state index contributed by atoms with van der Waals surface area (Å²) in [6, 6.07) is -1.04. The smallest absolute Gasteiger partial charge is 0.306 e. The number of ether oxygens (including phenoxy) is 3. The van der Waals surface area contributed by atoms with E-state index in [0.717, 1.165) is 128 Å². The lowest BCUT2D eigenvalue weighted by atomic mass is 9.99. The van der Waals surface area contributed by atoms with Gasteiger partial charge in [0.1, 0.15) is 24.4 Å². The highest BCUT2D eigenvalue weighted by Crippen LogP contribution is 2.26. The van der Waals surface area contributed by atoms with Crippen LogP contribution in [0.2, 0.25) is 0 Å². The summed E-state index contributed by atoms with van der Waals surface area (Å²) in [5, 5.41) is 57.1. The van der Waals surface area contributed by atoms with E-state index >= 15 is 0 Å². The largest absolute Gasteiger partial charge is 0.454 e. The molecule has 1 heterocycles. The summed E-state index contributed by atoms with van der Waals surface area (Å²) in [7, 11) is 0. The van der Waals surface area contributed by atoms with E-state index in [1.807, 2.05) is 6.08 Å². The molecule has 0 aromatic rings. The lowest BCUT2D eigenvalue weighted by Gasteiger charge is -2.41. The number of hydrogen-bond acceptors (Lipinski definition) is 10. The average Bonchev–Trinajstić information content (AvgIpc) is 3.50. The maximum atomic E-state index is 13.4. The number of nitrogens with one attached hydrogen (secondary N) is 1. The maximum Gasteiger partial charge on any atom is 0.306 e. The van der Waals surface area contributed by atoms with Crippen LogP contribution in [0.1, 0.15) is 271 Å². The van der Waals surface area contributed by atoms with Crippen molar-refractivity contribution in [3.63, 3.8) is 0 Å². The Morgan fingerprint density at radius 2 is 0.889 bits per heavy atom. The summed E-state index contributed by atoms with van der Waals surface area (Å²) >= 11 is 0. The summed E-state index contributed by atoms with van der Waals surface area (Å²) in [5.74, 6) is -1.22. The Morgan fingerprint density at radius 3 is 1.35 bits per heavy atom. The minimum absolute atomic E-state index is 0.113. The number of hydrogen-bond donors (Lipinski definition) is 6. The Balaban J connectivity index is 2.64. The molecule has 11 heteroatoms. The molecule has 1 saturated heterocycles. The summed E-state index contributed by atoms with van der Waals surface area (Å²) in [6.45, 7) is 5.66. The molecule has 466 valence electrons. The van der Waals surface area contributed by atoms with E-state index in [0.29, 0.717) is 12.8 Å². The van der Waals surface area contributed by atoms with E-state index in [-0.39, 0.29) is 19.4 Å². The van der Waals surface area contributed by atoms with Crippen molar-refractivity contribution in [1.29, 1.82) is 0 Å². The van der Waals surface area contributed by atoms with E-state index in [2.05, 4.69) is 111 Å². The molecule has 1 aliphatic rings. The predicted molar refractivity (Wildman–Crippen MR) is 338 cm³/mol. The first-order chi connectivity index (χ1) is 39.7. The van der Waals surface area contributed by atoms with Gasteiger partial charge in [-0.3, -0.25) is 9.59 Å². The number of allylic oxidation sites excluding steroid dienone is 15. The zero-order valence-electron chi connectivity index (χ0n) is 51.6. The summed E-state index contributed by atoms with van der Waals surface area (Å²) < 4.78 is 17.6. The molecule has 1 amide bonds. The molecule has 6 N–H and O–H groups in total. The molecule has 1 fully saturated rings. The third-order valence-corrected chi connectivity index (χ3v) is 15.0. The van der Waals surface area contributed by atoms with E-state index in [4.69, 9.17) is 14.2 Å². The lowest BCUT2D eigenvalue weighted by Crippen LogP contribution is -2.61. The van der Waals surface area contributed by atoms with Crippen molar-refractivity contribution in [2.45, 2.75) is 320 Å². The second kappa shape index (κ2) is 57.0. The molecule has 0 aliphatic carbocycles. The second-order valence-electron chi connectivity index (χ2n) is 22.5. The van der Waals surface area contributed by atoms with Gasteiger partial charge < -0.3 is 45.1 Å². The SMILES string of the molecule is CC/C=C\C/C=C\C/C=C\C/C=C\C/C=C\C/C=C\CCCCCCCC(O)C(=O)NC(COC1OC(CO)C(O)C(O)C1OC(=O)CCCCCCCCC/C=C/CCCCCCCC)C(O)/C=C/CCCCCCCCCCC. The molecule has 0 bridgehead atoms. The maximum absolute atomic E-state index is 13.4. The molecule has 0 aromatic carbocycles. The molecule has 11 nitrogen and oxygen atoms in total. The van der Waals surface area contributed by atoms with E-state index in [1.54, 1.807) is 6.08 Å². The fourth-order valence-corrected chi connectivity index (χ4v) is 9.77. The van der Waals surface area contributed by atoms with Crippen molar-refractivity contribution in [3.05, 3.63) is 97.2 Å². The first-order valence-electron chi connectivity index (χ1n) is 33.0. The van der Waals surface area contributed by atoms with Gasteiger partial charge in [-0.15, -0.1) is 0 Å². The molecule has 1 aliphatic heterocycles. The van der Waals surface area contributed by atoms with Crippen LogP contribution >= 0.6 is 0 Å². The van der Waals surface area contributed by atoms with E-state index in [1.165, 1.54) is 96.3 Å². The molecule has 1 rings (SSSR count). The molecule has 0 saturated carbocycles. The lowest BCUT2D eigenvalue weighted by molar-refractivity contribution is -0.305. The number of aliphatic hydroxyl groups excluding tert-OH is 5. The van der Waals surface area contributed by atoms with Gasteiger partial charge >= 0.3 is 5.97 Å². The number of carbonyl (C=O) groups is 2. The number of esters is 1. The summed E-state index contributed by atoms with van der Waals surface area (Å²) in [5.41, 5.74) is 0. The molecule has 0 radical (unpaired) electrons. The fraction of sp³-hybridized carbons (Fsp3) is 0.743. The Kier molecular flexibility index (Phi) is 53.2. The molecule has 8 unspecified atom stereocenters. The van der Waals surface area contributed by atoms with Gasteiger partial charge in [-0.2, -0.15) is 0 Å². The standard InChI is InChI=1S/C70H121NO10/c1-4-7-10-13-16-19-22-24-26-28-29-30-31-32-33-34-36-37-39-42-45-48-51-54-57-63(74)69(78)71-61(62(73)56-53-50-47-44-41-21-18-15-12-9-6-3)60-79-70-68(67(77)66(76)64(59-72)80-70)81-65(75)58-55-52-49-46-43-40-38-35-27-25-23-20-17-14-11-8-5-2/h7,10,16,19,24-27,29-30,32-33,36-37,53,56,61-64,66-68,70,72-74,76-77H,4-6,8-9,11-15,17-18,20-23,28,31,34-35,38-52,54-55,57-60H2,1-3H3,(H,71,78)/b10-7-,19-16-,26-24-,27-25+,30-29-,33-32-,37-36-,56-53+. The van der Waals surface area contributed by atoms with E-state index < -0.39 is 67.4 Å². The topological polar surface area (TPSA) is 175 Å². The van der Waals surface area contributed by atoms with Crippen LogP contribution in [0.15, 0.2) is 97.2 Å². The van der Waals surface area contributed by atoms with Crippen molar-refractivity contribution < 1.29 is 49.3 Å². The van der Waals surface area contributed by atoms with Gasteiger partial charge in [0.05, 0.1) is 25.4 Å². The number of rotatable bonds is 55. The van der Waals surface area contributed by atoms with Gasteiger partial charge in [0.25, 0.3) is 0 Å². The highest BCUT2D eigenvalue weighted by atomic mass is 16.7. The quantitative estimate of drug-likeness (QED) is 0.0195. The Bertz CT molecular complexity index is 1690. The monoisotopic (exact) mass is 1140 g/mol. The van der Waals surface area contributed by atoms with Gasteiger partial charge in [0.2, 0.25) is 5.91 Å². The molecule has 0 spiro atoms. The van der Waals surface area contributed by atoms with Crippen LogP contribution in [0, 0.1) is 0 Å². The van der Waals surface area contributed by atoms with Crippen LogP contribution in [-0.4, -0.2) is 99.6 Å². The number of amides is 1. The summed E-state index contributed by atoms with van der Waals surface area (Å²) in [4.78, 5) is 26.6. The van der Waals surface area contributed by atoms with Crippen LogP contribution in [0.25, 0.3) is 0 Å². The first kappa shape index (κ1) is 75.6. The average molecular weight is 1140 g/mol. The molecule has 0 aromatic heterocycles. The third kappa shape index (κ3) is 44.7. The Morgan fingerprint density at radius 1 is 0.494 bits per heavy atom. The first-order valence-corrected chi connectivity index (χ1v) is 33.0. The van der Waals surface area contributed by atoms with Crippen molar-refractivity contribution in [3.8, 4) is 0 Å². The van der Waals surface area contributed by atoms with Gasteiger partial charge in [-0.25, -0.2) is 0 Å². The zero-order valence-corrected chi connectivity index (χ0v) is 51.6. The van der Waals surface area contributed by atoms with Crippen molar-refractivity contribution >= 4 is 11.9 Å². The highest BCUT2D eigenvalue weighted by Gasteiger charge is 2.47. The summed E-state index contributed by atoms with van der Waals surface area (Å²) in [6.07, 6.45) is 65.8. The van der Waals surface area contributed by atoms with Crippen LogP contribution < -0.4 is 5.32 Å². The second-order valence-corrected chi connectivity index (χ2v) is 22.5. The van der Waals surface area contributed by atoms with Gasteiger partial charge in [0.15, 0.2) is 12.4 Å². The molecule has 8 atom stereocenters. The number of aliphatic hydroxyl groups is 5. The van der Waals surface area contributed by atoms with E-state index in [9.17, 15) is 35.1 Å². The van der Waals surface area contributed by atoms with Crippen molar-refractivity contribution in [2.75, 3.05) is 13.2 Å². The van der Waals surface area contributed by atoms with Crippen molar-refractivity contribution in [1.82, 2.24) is 5.32 Å². The van der Waals surface area contributed by atoms with Crippen LogP contribution in [0.3, 0.4) is 0 Å². The minimum Gasteiger partial charge on any atom is -0.454 e. The molecular weight excluding hydrogens is 1010 g/mol. The van der Waals surface area contributed by atoms with Gasteiger partial charge in [0, 0.05) is 6.42 Å². The Labute approximate surface area is 495 Å². The molecule has 81 heavy (non-hydrogen) atoms. The Hall–Kier alpha value is -3.42. The van der Waals surface area contributed by atoms with Crippen LogP contribution in [0.5, 0.6) is 0 Å². The molecular formula is C70H121NO10. The number of unbranched alkanes of at least 4 members (excludes halogenated alkanes) is 27. The highest BCUT2D eigenvalue weighted by molar-refractivity contribution is 5.80. The van der Waals surface area contributed by atoms with Gasteiger partial charge in [-0.05, 0) is 103 Å². The normalized spacial score (nSPS) is 19.3. The van der Waals surface area contributed by atoms with Gasteiger partial charge in [-0.1, -0.05) is 259 Å². The van der Waals surface area contributed by atoms with Crippen LogP contribution in [0.4, 0.5) is 0 Å². The van der Waals surface area contributed by atoms with Crippen molar-refractivity contribution in [2.24, 2.45) is 0 Å². The zero-order chi connectivity index (χ0) is 58.9. The van der Waals surface area contributed by atoms with Crippen LogP contribution in [-0.2, 0) is 23.8 Å².